The number of hydrogen-bond acceptors (Lipinski definition) is 6. The maximum Gasteiger partial charge on any atom is 0.339 e. The molecule has 0 unspecified atom stereocenters. The Hall–Kier alpha value is -2.18. The quantitative estimate of drug-likeness (QED) is 0.421. The predicted octanol–water partition coefficient (Wildman–Crippen LogP) is 0.482. The molecule has 0 aliphatic heterocycles. The van der Waals surface area contributed by atoms with Gasteiger partial charge in [-0.15, -0.1) is 0 Å². The van der Waals surface area contributed by atoms with Crippen LogP contribution < -0.4 is 0 Å². The number of carbonyl (C=O) groups excluding carboxylic acids is 1. The zero-order valence-electron chi connectivity index (χ0n) is 7.13. The number of aromatic hydroxyl groups is 1. The maximum absolute atomic E-state index is 10.9. The van der Waals surface area contributed by atoms with Gasteiger partial charge in [0.25, 0.3) is 5.88 Å². The van der Waals surface area contributed by atoms with E-state index in [4.69, 9.17) is 5.11 Å². The van der Waals surface area contributed by atoms with E-state index < -0.39 is 22.5 Å². The van der Waals surface area contributed by atoms with Gasteiger partial charge in [0.1, 0.15) is 0 Å². The second-order valence-corrected chi connectivity index (χ2v) is 2.32. The lowest BCUT2D eigenvalue weighted by atomic mass is 10.2. The Bertz CT molecular complexity index is 390. The summed E-state index contributed by atoms with van der Waals surface area (Å²) in [6.45, 7) is 0. The van der Waals surface area contributed by atoms with Gasteiger partial charge in [-0.3, -0.25) is 10.1 Å². The second-order valence-electron chi connectivity index (χ2n) is 2.32. The molecule has 0 aromatic carbocycles. The van der Waals surface area contributed by atoms with Crippen molar-refractivity contribution in [2.24, 2.45) is 0 Å². The van der Waals surface area contributed by atoms with Gasteiger partial charge in [0, 0.05) is 12.3 Å². The van der Waals surface area contributed by atoms with Gasteiger partial charge in [-0.05, 0) is 0 Å². The fourth-order valence-electron chi connectivity index (χ4n) is 0.810. The molecule has 0 fully saturated rings. The molecule has 7 nitrogen and oxygen atoms in total. The van der Waals surface area contributed by atoms with Crippen LogP contribution in [-0.4, -0.2) is 28.1 Å². The van der Waals surface area contributed by atoms with Crippen LogP contribution in [0.5, 0.6) is 5.88 Å². The van der Waals surface area contributed by atoms with Gasteiger partial charge < -0.3 is 9.84 Å². The molecule has 1 heterocycles. The molecule has 1 N–H and O–H groups in total. The molecular weight excluding hydrogens is 192 g/mol. The predicted molar refractivity (Wildman–Crippen MR) is 43.9 cm³/mol. The van der Waals surface area contributed by atoms with Gasteiger partial charge in [-0.1, -0.05) is 0 Å². The minimum Gasteiger partial charge on any atom is -0.488 e. The minimum atomic E-state index is -0.839. The summed E-state index contributed by atoms with van der Waals surface area (Å²) in [5, 5.41) is 19.3. The van der Waals surface area contributed by atoms with E-state index >= 15 is 0 Å². The van der Waals surface area contributed by atoms with Gasteiger partial charge in [0.05, 0.1) is 17.6 Å². The first-order chi connectivity index (χ1) is 6.56. The maximum atomic E-state index is 10.9. The topological polar surface area (TPSA) is 103 Å². The van der Waals surface area contributed by atoms with E-state index in [-0.39, 0.29) is 5.56 Å². The molecule has 1 rings (SSSR count). The summed E-state index contributed by atoms with van der Waals surface area (Å²) in [4.78, 5) is 23.7. The van der Waals surface area contributed by atoms with Crippen molar-refractivity contribution in [1.82, 2.24) is 4.98 Å². The molecule has 1 aromatic rings. The van der Waals surface area contributed by atoms with Crippen LogP contribution in [0.2, 0.25) is 0 Å². The first-order valence-corrected chi connectivity index (χ1v) is 3.48. The summed E-state index contributed by atoms with van der Waals surface area (Å²) in [5.74, 6) is -1.48. The lowest BCUT2D eigenvalue weighted by Gasteiger charge is -1.98. The molecular formula is C7H6N2O5. The minimum absolute atomic E-state index is 0.0861. The van der Waals surface area contributed by atoms with Crippen LogP contribution in [0.25, 0.3) is 0 Å². The SMILES string of the molecule is COC(=O)c1cnc(O)c([N+](=O)[O-])c1. The number of nitrogens with zero attached hydrogens (tertiary/aromatic N) is 2. The smallest absolute Gasteiger partial charge is 0.339 e. The van der Waals surface area contributed by atoms with Gasteiger partial charge in [0.2, 0.25) is 0 Å². The van der Waals surface area contributed by atoms with Crippen LogP contribution in [-0.2, 0) is 4.74 Å². The summed E-state index contributed by atoms with van der Waals surface area (Å²) in [7, 11) is 1.14. The molecule has 14 heavy (non-hydrogen) atoms. The number of carbonyl (C=O) groups is 1. The molecule has 0 spiro atoms. The normalized spacial score (nSPS) is 9.50. The molecule has 7 heteroatoms. The van der Waals surface area contributed by atoms with Crippen molar-refractivity contribution in [3.8, 4) is 5.88 Å². The van der Waals surface area contributed by atoms with Crippen molar-refractivity contribution >= 4 is 11.7 Å². The Morgan fingerprint density at radius 2 is 2.36 bits per heavy atom. The fourth-order valence-corrected chi connectivity index (χ4v) is 0.810. The molecule has 0 saturated carbocycles. The zero-order chi connectivity index (χ0) is 10.7. The Kier molecular flexibility index (Phi) is 2.61. The van der Waals surface area contributed by atoms with Crippen molar-refractivity contribution in [2.75, 3.05) is 7.11 Å². The van der Waals surface area contributed by atoms with Crippen LogP contribution in [0, 0.1) is 10.1 Å². The van der Waals surface area contributed by atoms with E-state index in [0.29, 0.717) is 0 Å². The fraction of sp³-hybridized carbons (Fsp3) is 0.143. The number of methoxy groups -OCH3 is 1. The van der Waals surface area contributed by atoms with E-state index in [1.165, 1.54) is 0 Å². The third-order valence-electron chi connectivity index (χ3n) is 1.47. The number of hydrogen-bond donors (Lipinski definition) is 1. The van der Waals surface area contributed by atoms with Crippen LogP contribution >= 0.6 is 0 Å². The highest BCUT2D eigenvalue weighted by molar-refractivity contribution is 5.89. The number of rotatable bonds is 2. The summed E-state index contributed by atoms with van der Waals surface area (Å²) >= 11 is 0. The molecule has 0 amide bonds. The summed E-state index contributed by atoms with van der Waals surface area (Å²) in [5.41, 5.74) is -0.718. The number of pyridine rings is 1. The van der Waals surface area contributed by atoms with Crippen molar-refractivity contribution in [3.63, 3.8) is 0 Å². The monoisotopic (exact) mass is 198 g/mol. The van der Waals surface area contributed by atoms with Crippen LogP contribution in [0.1, 0.15) is 10.4 Å². The second kappa shape index (κ2) is 3.69. The van der Waals surface area contributed by atoms with E-state index in [9.17, 15) is 14.9 Å². The highest BCUT2D eigenvalue weighted by Crippen LogP contribution is 2.23. The lowest BCUT2D eigenvalue weighted by Crippen LogP contribution is -2.03. The summed E-state index contributed by atoms with van der Waals surface area (Å²) in [6, 6.07) is 0.897. The third kappa shape index (κ3) is 1.76. The molecule has 0 radical (unpaired) electrons. The summed E-state index contributed by atoms with van der Waals surface area (Å²) in [6.07, 6.45) is 0.994. The number of ether oxygens (including phenoxy) is 1. The van der Waals surface area contributed by atoms with Gasteiger partial charge in [0.15, 0.2) is 0 Å². The largest absolute Gasteiger partial charge is 0.488 e. The van der Waals surface area contributed by atoms with Crippen LogP contribution in [0.3, 0.4) is 0 Å². The van der Waals surface area contributed by atoms with Gasteiger partial charge >= 0.3 is 11.7 Å². The van der Waals surface area contributed by atoms with Crippen molar-refractivity contribution in [1.29, 1.82) is 0 Å². The third-order valence-corrected chi connectivity index (χ3v) is 1.47. The van der Waals surface area contributed by atoms with Crippen molar-refractivity contribution < 1.29 is 19.6 Å². The average Bonchev–Trinajstić information content (AvgIpc) is 2.17. The Morgan fingerprint density at radius 3 is 2.86 bits per heavy atom. The van der Waals surface area contributed by atoms with E-state index in [1.807, 2.05) is 0 Å². The zero-order valence-corrected chi connectivity index (χ0v) is 7.13. The molecule has 74 valence electrons. The van der Waals surface area contributed by atoms with Crippen molar-refractivity contribution in [3.05, 3.63) is 27.9 Å². The summed E-state index contributed by atoms with van der Waals surface area (Å²) < 4.78 is 4.33. The Labute approximate surface area is 78.1 Å². The number of esters is 1. The molecule has 0 aliphatic rings. The molecule has 0 atom stereocenters. The van der Waals surface area contributed by atoms with Crippen LogP contribution in [0.15, 0.2) is 12.3 Å². The first kappa shape index (κ1) is 9.90. The molecule has 1 aromatic heterocycles. The van der Waals surface area contributed by atoms with E-state index in [2.05, 4.69) is 9.72 Å². The molecule has 0 saturated heterocycles. The average molecular weight is 198 g/mol. The lowest BCUT2D eigenvalue weighted by molar-refractivity contribution is -0.386. The standard InChI is InChI=1S/C7H6N2O5/c1-14-7(11)4-2-5(9(12)13)6(10)8-3-4/h2-3H,1H3,(H,8,10). The Balaban J connectivity index is 3.19. The first-order valence-electron chi connectivity index (χ1n) is 3.48. The molecule has 0 bridgehead atoms. The van der Waals surface area contributed by atoms with Crippen LogP contribution in [0.4, 0.5) is 5.69 Å². The van der Waals surface area contributed by atoms with Gasteiger partial charge in [-0.25, -0.2) is 9.78 Å². The van der Waals surface area contributed by atoms with Crippen molar-refractivity contribution in [2.45, 2.75) is 0 Å². The highest BCUT2D eigenvalue weighted by Gasteiger charge is 2.18. The molecule has 0 aliphatic carbocycles. The van der Waals surface area contributed by atoms with E-state index in [0.717, 1.165) is 19.4 Å². The van der Waals surface area contributed by atoms with E-state index in [1.54, 1.807) is 0 Å². The van der Waals surface area contributed by atoms with Gasteiger partial charge in [-0.2, -0.15) is 0 Å². The number of aromatic nitrogens is 1. The Morgan fingerprint density at radius 1 is 1.71 bits per heavy atom. The number of nitro groups is 1. The highest BCUT2D eigenvalue weighted by atomic mass is 16.6.